The Balaban J connectivity index is 2.35. The molecular weight excluding hydrogens is 330 g/mol. The van der Waals surface area contributed by atoms with Gasteiger partial charge in [-0.2, -0.15) is 5.26 Å². The van der Waals surface area contributed by atoms with Gasteiger partial charge in [0.05, 0.1) is 16.8 Å². The topological polar surface area (TPSA) is 101 Å². The minimum absolute atomic E-state index is 0.184. The quantitative estimate of drug-likeness (QED) is 0.660. The molecule has 1 N–H and O–H groups in total. The smallest absolute Gasteiger partial charge is 0.245 e. The number of amides is 1. The van der Waals surface area contributed by atoms with Crippen LogP contribution in [-0.4, -0.2) is 32.5 Å². The Morgan fingerprint density at radius 1 is 1.33 bits per heavy atom. The molecular formula is C16H16ClN5O2. The molecule has 0 unspecified atom stereocenters. The summed E-state index contributed by atoms with van der Waals surface area (Å²) in [6, 6.07) is 8.49. The number of carbonyl (C=O) groups excluding carboxylic acids is 2. The highest BCUT2D eigenvalue weighted by Crippen LogP contribution is 2.20. The molecule has 0 saturated heterocycles. The number of Topliss-reactive ketones (excluding diaryl/α,β-unsaturated/α-hetero) is 1. The molecule has 0 aliphatic carbocycles. The van der Waals surface area contributed by atoms with E-state index in [1.807, 2.05) is 0 Å². The van der Waals surface area contributed by atoms with Gasteiger partial charge in [0, 0.05) is 6.04 Å². The van der Waals surface area contributed by atoms with Crippen molar-refractivity contribution < 1.29 is 9.59 Å². The van der Waals surface area contributed by atoms with Gasteiger partial charge >= 0.3 is 0 Å². The van der Waals surface area contributed by atoms with Crippen molar-refractivity contribution in [3.05, 3.63) is 40.9 Å². The molecule has 1 aromatic heterocycles. The first kappa shape index (κ1) is 17.6. The molecule has 124 valence electrons. The zero-order valence-corrected chi connectivity index (χ0v) is 14.2. The Morgan fingerprint density at radius 2 is 2.00 bits per heavy atom. The zero-order chi connectivity index (χ0) is 17.9. The molecule has 1 aromatic carbocycles. The minimum Gasteiger partial charge on any atom is -0.352 e. The highest BCUT2D eigenvalue weighted by molar-refractivity contribution is 6.32. The lowest BCUT2D eigenvalue weighted by molar-refractivity contribution is -0.122. The number of nitriles is 1. The Hall–Kier alpha value is -2.72. The number of aryl methyl sites for hydroxylation is 1. The first-order chi connectivity index (χ1) is 11.3. The monoisotopic (exact) mass is 345 g/mol. The van der Waals surface area contributed by atoms with Crippen LogP contribution in [0, 0.1) is 24.2 Å². The fraction of sp³-hybridized carbons (Fsp3) is 0.312. The van der Waals surface area contributed by atoms with E-state index in [0.29, 0.717) is 16.5 Å². The van der Waals surface area contributed by atoms with E-state index in [4.69, 9.17) is 16.9 Å². The summed E-state index contributed by atoms with van der Waals surface area (Å²) < 4.78 is 1.41. The van der Waals surface area contributed by atoms with Crippen LogP contribution >= 0.6 is 11.6 Å². The third-order valence-electron chi connectivity index (χ3n) is 3.15. The molecule has 2 aromatic rings. The lowest BCUT2D eigenvalue weighted by Crippen LogP contribution is -2.38. The van der Waals surface area contributed by atoms with Gasteiger partial charge in [-0.25, -0.2) is 9.67 Å². The predicted molar refractivity (Wildman–Crippen MR) is 87.8 cm³/mol. The average molecular weight is 346 g/mol. The molecule has 0 bridgehead atoms. The molecule has 0 spiro atoms. The number of rotatable bonds is 5. The fourth-order valence-electron chi connectivity index (χ4n) is 2.08. The van der Waals surface area contributed by atoms with Crippen molar-refractivity contribution in [2.75, 3.05) is 0 Å². The SMILES string of the molecule is Cc1nc(C(=O)[C@@H](C#N)C(=O)NC(C)C)nn1-c1ccccc1Cl. The summed E-state index contributed by atoms with van der Waals surface area (Å²) in [6.07, 6.45) is 0. The summed E-state index contributed by atoms with van der Waals surface area (Å²) in [4.78, 5) is 28.5. The summed E-state index contributed by atoms with van der Waals surface area (Å²) in [5.41, 5.74) is 0.559. The van der Waals surface area contributed by atoms with Crippen LogP contribution in [0.2, 0.25) is 5.02 Å². The first-order valence-electron chi connectivity index (χ1n) is 7.28. The molecule has 8 heteroatoms. The second-order valence-corrected chi connectivity index (χ2v) is 5.84. The number of ketones is 1. The lowest BCUT2D eigenvalue weighted by atomic mass is 10.0. The summed E-state index contributed by atoms with van der Waals surface area (Å²) in [5.74, 6) is -2.67. The number of halogens is 1. The Bertz CT molecular complexity index is 822. The van der Waals surface area contributed by atoms with Crippen LogP contribution in [0.25, 0.3) is 5.69 Å². The Kier molecular flexibility index (Phi) is 5.31. The lowest BCUT2D eigenvalue weighted by Gasteiger charge is -2.10. The van der Waals surface area contributed by atoms with Crippen LogP contribution in [0.3, 0.4) is 0 Å². The van der Waals surface area contributed by atoms with E-state index in [1.54, 1.807) is 51.1 Å². The molecule has 2 rings (SSSR count). The van der Waals surface area contributed by atoms with Gasteiger partial charge < -0.3 is 5.32 Å². The number of benzene rings is 1. The number of para-hydroxylation sites is 1. The maximum atomic E-state index is 12.4. The van der Waals surface area contributed by atoms with Gasteiger partial charge in [-0.3, -0.25) is 9.59 Å². The van der Waals surface area contributed by atoms with Crippen LogP contribution in [0.5, 0.6) is 0 Å². The van der Waals surface area contributed by atoms with Gasteiger partial charge in [0.2, 0.25) is 17.5 Å². The van der Waals surface area contributed by atoms with Gasteiger partial charge in [0.25, 0.3) is 0 Å². The van der Waals surface area contributed by atoms with Crippen LogP contribution < -0.4 is 5.32 Å². The Morgan fingerprint density at radius 3 is 2.58 bits per heavy atom. The van der Waals surface area contributed by atoms with Crippen LogP contribution in [-0.2, 0) is 4.79 Å². The number of nitrogens with zero attached hydrogens (tertiary/aromatic N) is 4. The largest absolute Gasteiger partial charge is 0.352 e. The van der Waals surface area contributed by atoms with E-state index in [0.717, 1.165) is 0 Å². The standard InChI is InChI=1S/C16H16ClN5O2/c1-9(2)19-16(24)11(8-18)14(23)15-20-10(3)22(21-15)13-7-5-4-6-12(13)17/h4-7,9,11H,1-3H3,(H,19,24)/t11-/m1/s1. The summed E-state index contributed by atoms with van der Waals surface area (Å²) in [5, 5.41) is 16.3. The molecule has 7 nitrogen and oxygen atoms in total. The van der Waals surface area contributed by atoms with Crippen molar-refractivity contribution in [3.63, 3.8) is 0 Å². The van der Waals surface area contributed by atoms with Crippen molar-refractivity contribution in [3.8, 4) is 11.8 Å². The molecule has 0 aliphatic rings. The number of aromatic nitrogens is 3. The van der Waals surface area contributed by atoms with E-state index in [2.05, 4.69) is 15.4 Å². The van der Waals surface area contributed by atoms with Gasteiger partial charge in [-0.15, -0.1) is 5.10 Å². The van der Waals surface area contributed by atoms with Gasteiger partial charge in [-0.1, -0.05) is 23.7 Å². The molecule has 0 fully saturated rings. The fourth-order valence-corrected chi connectivity index (χ4v) is 2.30. The summed E-state index contributed by atoms with van der Waals surface area (Å²) >= 11 is 6.13. The highest BCUT2D eigenvalue weighted by Gasteiger charge is 2.31. The number of nitrogens with one attached hydrogen (secondary N) is 1. The second kappa shape index (κ2) is 7.23. The number of hydrogen-bond donors (Lipinski definition) is 1. The molecule has 0 radical (unpaired) electrons. The molecule has 1 atom stereocenters. The molecule has 0 aliphatic heterocycles. The van der Waals surface area contributed by atoms with E-state index in [1.165, 1.54) is 4.68 Å². The van der Waals surface area contributed by atoms with Crippen LogP contribution in [0.1, 0.15) is 30.3 Å². The van der Waals surface area contributed by atoms with Crippen molar-refractivity contribution in [1.29, 1.82) is 5.26 Å². The molecule has 1 amide bonds. The highest BCUT2D eigenvalue weighted by atomic mass is 35.5. The maximum Gasteiger partial charge on any atom is 0.245 e. The second-order valence-electron chi connectivity index (χ2n) is 5.44. The minimum atomic E-state index is -1.49. The van der Waals surface area contributed by atoms with Crippen LogP contribution in [0.15, 0.2) is 24.3 Å². The summed E-state index contributed by atoms with van der Waals surface area (Å²) in [6.45, 7) is 5.14. The van der Waals surface area contributed by atoms with E-state index in [9.17, 15) is 9.59 Å². The average Bonchev–Trinajstić information content (AvgIpc) is 2.89. The molecule has 1 heterocycles. The van der Waals surface area contributed by atoms with Gasteiger partial charge in [0.15, 0.2) is 5.92 Å². The third-order valence-corrected chi connectivity index (χ3v) is 3.47. The van der Waals surface area contributed by atoms with Crippen molar-refractivity contribution in [2.45, 2.75) is 26.8 Å². The van der Waals surface area contributed by atoms with Crippen molar-refractivity contribution in [1.82, 2.24) is 20.1 Å². The van der Waals surface area contributed by atoms with E-state index < -0.39 is 17.6 Å². The molecule has 0 saturated carbocycles. The van der Waals surface area contributed by atoms with E-state index >= 15 is 0 Å². The van der Waals surface area contributed by atoms with E-state index in [-0.39, 0.29) is 11.9 Å². The Labute approximate surface area is 144 Å². The normalized spacial score (nSPS) is 11.8. The van der Waals surface area contributed by atoms with Crippen molar-refractivity contribution in [2.24, 2.45) is 5.92 Å². The van der Waals surface area contributed by atoms with Gasteiger partial charge in [-0.05, 0) is 32.9 Å². The zero-order valence-electron chi connectivity index (χ0n) is 13.4. The number of hydrogen-bond acceptors (Lipinski definition) is 5. The third kappa shape index (κ3) is 3.60. The number of carbonyl (C=O) groups is 2. The molecule has 24 heavy (non-hydrogen) atoms. The van der Waals surface area contributed by atoms with Crippen LogP contribution in [0.4, 0.5) is 0 Å². The predicted octanol–water partition coefficient (Wildman–Crippen LogP) is 2.08. The van der Waals surface area contributed by atoms with Gasteiger partial charge in [0.1, 0.15) is 5.82 Å². The van der Waals surface area contributed by atoms with Crippen molar-refractivity contribution >= 4 is 23.3 Å². The maximum absolute atomic E-state index is 12.4. The first-order valence-corrected chi connectivity index (χ1v) is 7.65. The summed E-state index contributed by atoms with van der Waals surface area (Å²) in [7, 11) is 0.